The fourth-order valence-corrected chi connectivity index (χ4v) is 1.65. The van der Waals surface area contributed by atoms with Crippen molar-refractivity contribution in [3.63, 3.8) is 0 Å². The van der Waals surface area contributed by atoms with Crippen LogP contribution in [-0.2, 0) is 0 Å². The fourth-order valence-electron chi connectivity index (χ4n) is 1.65. The molecule has 1 atom stereocenters. The van der Waals surface area contributed by atoms with Gasteiger partial charge in [0.1, 0.15) is 12.0 Å². The molecule has 0 spiro atoms. The van der Waals surface area contributed by atoms with Gasteiger partial charge in [0.05, 0.1) is 16.9 Å². The first kappa shape index (κ1) is 13.9. The van der Waals surface area contributed by atoms with Gasteiger partial charge in [-0.1, -0.05) is 0 Å². The molecule has 0 saturated heterocycles. The number of nitriles is 1. The third-order valence-electron chi connectivity index (χ3n) is 2.69. The zero-order valence-corrected chi connectivity index (χ0v) is 10.8. The van der Waals surface area contributed by atoms with Crippen molar-refractivity contribution in [1.29, 1.82) is 5.26 Å². The number of hydrogen-bond acceptors (Lipinski definition) is 5. The number of aromatic nitrogens is 1. The fraction of sp³-hybridized carbons (Fsp3) is 0.500. The summed E-state index contributed by atoms with van der Waals surface area (Å²) in [6, 6.07) is 3.85. The normalized spacial score (nSPS) is 11.7. The number of nitrogens with zero attached hydrogens (tertiary/aromatic N) is 4. The second-order valence-corrected chi connectivity index (χ2v) is 4.15. The Morgan fingerprint density at radius 2 is 2.33 bits per heavy atom. The van der Waals surface area contributed by atoms with Gasteiger partial charge < -0.3 is 4.90 Å². The summed E-state index contributed by atoms with van der Waals surface area (Å²) < 4.78 is 0. The predicted molar refractivity (Wildman–Crippen MR) is 68.3 cm³/mol. The van der Waals surface area contributed by atoms with Gasteiger partial charge in [0.25, 0.3) is 5.69 Å². The highest BCUT2D eigenvalue weighted by molar-refractivity contribution is 5.48. The number of nitro groups is 1. The molecule has 0 fully saturated rings. The Morgan fingerprint density at radius 3 is 2.78 bits per heavy atom. The standard InChI is InChI=1S/C12H16N4O2/c1-4-15(8-9(2)6-13)12-5-10(3)11(7-14-12)16(17)18/h5,7,9H,4,8H2,1-3H3. The van der Waals surface area contributed by atoms with Crippen LogP contribution in [-0.4, -0.2) is 23.0 Å². The lowest BCUT2D eigenvalue weighted by atomic mass is 10.2. The van der Waals surface area contributed by atoms with E-state index < -0.39 is 4.92 Å². The molecule has 0 bridgehead atoms. The SMILES string of the molecule is CCN(CC(C)C#N)c1cc(C)c([N+](=O)[O-])cn1. The van der Waals surface area contributed by atoms with E-state index in [2.05, 4.69) is 11.1 Å². The number of rotatable bonds is 5. The highest BCUT2D eigenvalue weighted by Crippen LogP contribution is 2.21. The Kier molecular flexibility index (Phi) is 4.60. The van der Waals surface area contributed by atoms with Crippen LogP contribution in [0.2, 0.25) is 0 Å². The van der Waals surface area contributed by atoms with Gasteiger partial charge in [-0.25, -0.2) is 4.98 Å². The van der Waals surface area contributed by atoms with E-state index in [-0.39, 0.29) is 11.6 Å². The lowest BCUT2D eigenvalue weighted by molar-refractivity contribution is -0.385. The molecular formula is C12H16N4O2. The van der Waals surface area contributed by atoms with E-state index in [4.69, 9.17) is 5.26 Å². The van der Waals surface area contributed by atoms with Gasteiger partial charge in [0.2, 0.25) is 0 Å². The Morgan fingerprint density at radius 1 is 1.67 bits per heavy atom. The van der Waals surface area contributed by atoms with Crippen LogP contribution >= 0.6 is 0 Å². The first-order chi connectivity index (χ1) is 8.49. The molecule has 1 heterocycles. The quantitative estimate of drug-likeness (QED) is 0.589. The molecule has 0 aliphatic rings. The molecule has 1 aromatic rings. The number of anilines is 1. The minimum Gasteiger partial charge on any atom is -0.356 e. The van der Waals surface area contributed by atoms with Crippen molar-refractivity contribution in [3.05, 3.63) is 27.9 Å². The Hall–Kier alpha value is -2.16. The molecule has 1 aromatic heterocycles. The van der Waals surface area contributed by atoms with Gasteiger partial charge in [-0.15, -0.1) is 0 Å². The van der Waals surface area contributed by atoms with Crippen LogP contribution in [0.5, 0.6) is 0 Å². The summed E-state index contributed by atoms with van der Waals surface area (Å²) in [7, 11) is 0. The van der Waals surface area contributed by atoms with Crippen LogP contribution in [0.1, 0.15) is 19.4 Å². The Balaban J connectivity index is 2.98. The van der Waals surface area contributed by atoms with Crippen molar-refractivity contribution in [2.24, 2.45) is 5.92 Å². The monoisotopic (exact) mass is 248 g/mol. The van der Waals surface area contributed by atoms with Gasteiger partial charge in [0, 0.05) is 18.7 Å². The van der Waals surface area contributed by atoms with Crippen LogP contribution in [0.4, 0.5) is 11.5 Å². The summed E-state index contributed by atoms with van der Waals surface area (Å²) in [6.45, 7) is 6.75. The predicted octanol–water partition coefficient (Wildman–Crippen LogP) is 2.28. The maximum atomic E-state index is 10.7. The molecule has 6 nitrogen and oxygen atoms in total. The van der Waals surface area contributed by atoms with E-state index in [0.29, 0.717) is 24.5 Å². The van der Waals surface area contributed by atoms with E-state index in [1.54, 1.807) is 13.0 Å². The van der Waals surface area contributed by atoms with Gasteiger partial charge in [-0.05, 0) is 26.8 Å². The average Bonchev–Trinajstić information content (AvgIpc) is 2.34. The maximum Gasteiger partial charge on any atom is 0.290 e. The summed E-state index contributed by atoms with van der Waals surface area (Å²) in [6.07, 6.45) is 1.27. The summed E-state index contributed by atoms with van der Waals surface area (Å²) in [5.41, 5.74) is 0.594. The highest BCUT2D eigenvalue weighted by Gasteiger charge is 2.15. The second-order valence-electron chi connectivity index (χ2n) is 4.15. The summed E-state index contributed by atoms with van der Waals surface area (Å²) in [4.78, 5) is 16.3. The molecule has 0 saturated carbocycles. The molecule has 1 unspecified atom stereocenters. The van der Waals surface area contributed by atoms with E-state index in [1.807, 2.05) is 18.7 Å². The molecule has 0 aliphatic carbocycles. The molecule has 0 radical (unpaired) electrons. The molecular weight excluding hydrogens is 232 g/mol. The van der Waals surface area contributed by atoms with Crippen LogP contribution < -0.4 is 4.90 Å². The van der Waals surface area contributed by atoms with Crippen LogP contribution in [0.25, 0.3) is 0 Å². The highest BCUT2D eigenvalue weighted by atomic mass is 16.6. The van der Waals surface area contributed by atoms with Crippen LogP contribution in [0.3, 0.4) is 0 Å². The first-order valence-electron chi connectivity index (χ1n) is 5.75. The second kappa shape index (κ2) is 5.96. The van der Waals surface area contributed by atoms with Gasteiger partial charge in [-0.2, -0.15) is 5.26 Å². The zero-order chi connectivity index (χ0) is 13.7. The van der Waals surface area contributed by atoms with Crippen LogP contribution in [0, 0.1) is 34.3 Å². The molecule has 6 heteroatoms. The molecule has 1 rings (SSSR count). The zero-order valence-electron chi connectivity index (χ0n) is 10.8. The van der Waals surface area contributed by atoms with E-state index in [0.717, 1.165) is 0 Å². The molecule has 0 aliphatic heterocycles. The van der Waals surface area contributed by atoms with Crippen molar-refractivity contribution in [3.8, 4) is 6.07 Å². The van der Waals surface area contributed by atoms with E-state index in [1.165, 1.54) is 6.20 Å². The van der Waals surface area contributed by atoms with E-state index in [9.17, 15) is 10.1 Å². The van der Waals surface area contributed by atoms with Crippen molar-refractivity contribution < 1.29 is 4.92 Å². The third-order valence-corrected chi connectivity index (χ3v) is 2.69. The molecule has 96 valence electrons. The van der Waals surface area contributed by atoms with Gasteiger partial charge in [-0.3, -0.25) is 10.1 Å². The lowest BCUT2D eigenvalue weighted by Gasteiger charge is -2.23. The minimum absolute atomic E-state index is 0.0168. The molecule has 0 aromatic carbocycles. The van der Waals surface area contributed by atoms with Crippen LogP contribution in [0.15, 0.2) is 12.3 Å². The molecule has 0 amide bonds. The van der Waals surface area contributed by atoms with Gasteiger partial charge in [0.15, 0.2) is 0 Å². The lowest BCUT2D eigenvalue weighted by Crippen LogP contribution is -2.28. The van der Waals surface area contributed by atoms with Crippen molar-refractivity contribution in [2.45, 2.75) is 20.8 Å². The number of hydrogen-bond donors (Lipinski definition) is 0. The first-order valence-corrected chi connectivity index (χ1v) is 5.75. The van der Waals surface area contributed by atoms with Crippen molar-refractivity contribution in [1.82, 2.24) is 4.98 Å². The summed E-state index contributed by atoms with van der Waals surface area (Å²) in [5, 5.41) is 19.5. The van der Waals surface area contributed by atoms with Crippen molar-refractivity contribution in [2.75, 3.05) is 18.0 Å². The Labute approximate surface area is 106 Å². The number of aryl methyl sites for hydroxylation is 1. The Bertz CT molecular complexity index is 481. The third kappa shape index (κ3) is 3.17. The smallest absolute Gasteiger partial charge is 0.290 e. The van der Waals surface area contributed by atoms with Crippen molar-refractivity contribution >= 4 is 11.5 Å². The number of pyridine rings is 1. The topological polar surface area (TPSA) is 83.1 Å². The molecule has 0 N–H and O–H groups in total. The summed E-state index contributed by atoms with van der Waals surface area (Å²) in [5.74, 6) is 0.560. The average molecular weight is 248 g/mol. The van der Waals surface area contributed by atoms with Gasteiger partial charge >= 0.3 is 0 Å². The summed E-state index contributed by atoms with van der Waals surface area (Å²) >= 11 is 0. The maximum absolute atomic E-state index is 10.7. The van der Waals surface area contributed by atoms with E-state index >= 15 is 0 Å². The minimum atomic E-state index is -0.444. The molecule has 18 heavy (non-hydrogen) atoms. The largest absolute Gasteiger partial charge is 0.356 e.